The summed E-state index contributed by atoms with van der Waals surface area (Å²) < 4.78 is 5.92. The van der Waals surface area contributed by atoms with Crippen LogP contribution in [0.2, 0.25) is 0 Å². The van der Waals surface area contributed by atoms with Crippen molar-refractivity contribution in [3.8, 4) is 11.3 Å². The largest absolute Gasteiger partial charge is 0.439 e. The minimum Gasteiger partial charge on any atom is -0.439 e. The minimum absolute atomic E-state index is 0.128. The third-order valence-electron chi connectivity index (χ3n) is 3.46. The Bertz CT molecular complexity index is 712. The van der Waals surface area contributed by atoms with Crippen molar-refractivity contribution >= 4 is 10.8 Å². The third kappa shape index (κ3) is 2.32. The van der Waals surface area contributed by atoms with E-state index in [1.54, 1.807) is 0 Å². The molecule has 0 aliphatic carbocycles. The second-order valence-corrected chi connectivity index (χ2v) is 4.87. The first-order valence-electron chi connectivity index (χ1n) is 6.97. The van der Waals surface area contributed by atoms with Crippen LogP contribution in [0.5, 0.6) is 0 Å². The van der Waals surface area contributed by atoms with Crippen LogP contribution in [-0.4, -0.2) is 11.5 Å². The van der Waals surface area contributed by atoms with Crippen LogP contribution < -0.4 is 5.32 Å². The van der Waals surface area contributed by atoms with E-state index in [9.17, 15) is 0 Å². The minimum atomic E-state index is 0.128. The standard InChI is InChI=1S/C17H18N2O/c1-3-18-12(2)17-19-11-16(20-17)15-10-6-8-13-7-4-5-9-14(13)15/h4-12,18H,3H2,1-2H3. The number of aromatic nitrogens is 1. The summed E-state index contributed by atoms with van der Waals surface area (Å²) in [5.41, 5.74) is 1.09. The van der Waals surface area contributed by atoms with Gasteiger partial charge in [0.1, 0.15) is 0 Å². The summed E-state index contributed by atoms with van der Waals surface area (Å²) in [6.07, 6.45) is 1.81. The molecule has 0 radical (unpaired) electrons. The van der Waals surface area contributed by atoms with Gasteiger partial charge in [-0.1, -0.05) is 49.4 Å². The van der Waals surface area contributed by atoms with Gasteiger partial charge in [-0.2, -0.15) is 0 Å². The zero-order chi connectivity index (χ0) is 13.9. The van der Waals surface area contributed by atoms with Crippen molar-refractivity contribution in [2.24, 2.45) is 0 Å². The van der Waals surface area contributed by atoms with Gasteiger partial charge in [0.15, 0.2) is 5.76 Å². The highest BCUT2D eigenvalue weighted by Gasteiger charge is 2.13. The molecule has 3 rings (SSSR count). The van der Waals surface area contributed by atoms with Crippen LogP contribution in [0.1, 0.15) is 25.8 Å². The molecule has 3 nitrogen and oxygen atoms in total. The molecule has 0 aliphatic rings. The maximum Gasteiger partial charge on any atom is 0.211 e. The fourth-order valence-corrected chi connectivity index (χ4v) is 2.45. The maximum atomic E-state index is 5.92. The molecule has 3 heteroatoms. The molecule has 1 unspecified atom stereocenters. The number of fused-ring (bicyclic) bond motifs is 1. The highest BCUT2D eigenvalue weighted by atomic mass is 16.4. The molecule has 1 aromatic heterocycles. The summed E-state index contributed by atoms with van der Waals surface area (Å²) in [4.78, 5) is 4.39. The van der Waals surface area contributed by atoms with E-state index < -0.39 is 0 Å². The predicted octanol–water partition coefficient (Wildman–Crippen LogP) is 4.17. The van der Waals surface area contributed by atoms with Crippen LogP contribution in [0.3, 0.4) is 0 Å². The van der Waals surface area contributed by atoms with Gasteiger partial charge in [0.2, 0.25) is 5.89 Å². The molecule has 1 atom stereocenters. The van der Waals surface area contributed by atoms with E-state index in [1.807, 2.05) is 24.4 Å². The monoisotopic (exact) mass is 266 g/mol. The highest BCUT2D eigenvalue weighted by Crippen LogP contribution is 2.29. The molecular formula is C17H18N2O. The predicted molar refractivity (Wildman–Crippen MR) is 81.5 cm³/mol. The molecule has 0 aliphatic heterocycles. The van der Waals surface area contributed by atoms with Gasteiger partial charge in [-0.15, -0.1) is 0 Å². The van der Waals surface area contributed by atoms with Gasteiger partial charge in [-0.05, 0) is 24.2 Å². The summed E-state index contributed by atoms with van der Waals surface area (Å²) in [6, 6.07) is 14.7. The Kier molecular flexibility index (Phi) is 3.52. The zero-order valence-corrected chi connectivity index (χ0v) is 11.8. The van der Waals surface area contributed by atoms with Gasteiger partial charge >= 0.3 is 0 Å². The third-order valence-corrected chi connectivity index (χ3v) is 3.46. The van der Waals surface area contributed by atoms with Gasteiger partial charge in [-0.3, -0.25) is 0 Å². The van der Waals surface area contributed by atoms with Gasteiger partial charge in [0.25, 0.3) is 0 Å². The lowest BCUT2D eigenvalue weighted by Gasteiger charge is -2.07. The molecule has 0 saturated heterocycles. The Morgan fingerprint density at radius 2 is 1.95 bits per heavy atom. The topological polar surface area (TPSA) is 38.1 Å². The number of hydrogen-bond acceptors (Lipinski definition) is 3. The van der Waals surface area contributed by atoms with Gasteiger partial charge in [0.05, 0.1) is 12.2 Å². The number of benzene rings is 2. The van der Waals surface area contributed by atoms with Crippen molar-refractivity contribution in [3.05, 3.63) is 54.6 Å². The first-order chi connectivity index (χ1) is 9.79. The van der Waals surface area contributed by atoms with Crippen molar-refractivity contribution in [2.75, 3.05) is 6.54 Å². The van der Waals surface area contributed by atoms with E-state index >= 15 is 0 Å². The van der Waals surface area contributed by atoms with E-state index in [0.717, 1.165) is 23.8 Å². The van der Waals surface area contributed by atoms with E-state index in [1.165, 1.54) is 10.8 Å². The second kappa shape index (κ2) is 5.47. The van der Waals surface area contributed by atoms with Crippen LogP contribution in [0.4, 0.5) is 0 Å². The molecule has 1 N–H and O–H groups in total. The second-order valence-electron chi connectivity index (χ2n) is 4.87. The summed E-state index contributed by atoms with van der Waals surface area (Å²) >= 11 is 0. The first-order valence-corrected chi connectivity index (χ1v) is 6.97. The molecule has 0 spiro atoms. The number of nitrogens with zero attached hydrogens (tertiary/aromatic N) is 1. The molecule has 0 amide bonds. The molecule has 3 aromatic rings. The average molecular weight is 266 g/mol. The Morgan fingerprint density at radius 3 is 2.80 bits per heavy atom. The number of rotatable bonds is 4. The summed E-state index contributed by atoms with van der Waals surface area (Å²) in [5, 5.41) is 5.71. The van der Waals surface area contributed by atoms with E-state index in [-0.39, 0.29) is 6.04 Å². The van der Waals surface area contributed by atoms with Crippen LogP contribution >= 0.6 is 0 Å². The van der Waals surface area contributed by atoms with Gasteiger partial charge in [0, 0.05) is 5.56 Å². The Hall–Kier alpha value is -2.13. The van der Waals surface area contributed by atoms with Crippen molar-refractivity contribution in [1.29, 1.82) is 0 Å². The van der Waals surface area contributed by atoms with E-state index in [2.05, 4.69) is 48.4 Å². The lowest BCUT2D eigenvalue weighted by atomic mass is 10.0. The van der Waals surface area contributed by atoms with Crippen molar-refractivity contribution in [1.82, 2.24) is 10.3 Å². The van der Waals surface area contributed by atoms with Crippen LogP contribution in [-0.2, 0) is 0 Å². The Morgan fingerprint density at radius 1 is 1.15 bits per heavy atom. The van der Waals surface area contributed by atoms with Crippen LogP contribution in [0.15, 0.2) is 53.1 Å². The van der Waals surface area contributed by atoms with Crippen molar-refractivity contribution < 1.29 is 4.42 Å². The van der Waals surface area contributed by atoms with Crippen LogP contribution in [0.25, 0.3) is 22.1 Å². The quantitative estimate of drug-likeness (QED) is 0.770. The lowest BCUT2D eigenvalue weighted by Crippen LogP contribution is -2.17. The summed E-state index contributed by atoms with van der Waals surface area (Å²) in [5.74, 6) is 1.55. The fourth-order valence-electron chi connectivity index (χ4n) is 2.45. The Balaban J connectivity index is 2.03. The molecule has 1 heterocycles. The zero-order valence-electron chi connectivity index (χ0n) is 11.8. The van der Waals surface area contributed by atoms with Crippen molar-refractivity contribution in [2.45, 2.75) is 19.9 Å². The molecule has 0 fully saturated rings. The molecule has 102 valence electrons. The normalized spacial score (nSPS) is 12.7. The highest BCUT2D eigenvalue weighted by molar-refractivity contribution is 5.95. The first kappa shape index (κ1) is 12.9. The number of hydrogen-bond donors (Lipinski definition) is 1. The SMILES string of the molecule is CCNC(C)c1ncc(-c2cccc3ccccc23)o1. The molecule has 0 saturated carbocycles. The smallest absolute Gasteiger partial charge is 0.211 e. The average Bonchev–Trinajstić information content (AvgIpc) is 2.97. The van der Waals surface area contributed by atoms with Crippen molar-refractivity contribution in [3.63, 3.8) is 0 Å². The number of oxazole rings is 1. The maximum absolute atomic E-state index is 5.92. The molecule has 2 aromatic carbocycles. The molecule has 20 heavy (non-hydrogen) atoms. The molecular weight excluding hydrogens is 248 g/mol. The van der Waals surface area contributed by atoms with E-state index in [4.69, 9.17) is 4.42 Å². The summed E-state index contributed by atoms with van der Waals surface area (Å²) in [7, 11) is 0. The summed E-state index contributed by atoms with van der Waals surface area (Å²) in [6.45, 7) is 5.03. The lowest BCUT2D eigenvalue weighted by molar-refractivity contribution is 0.429. The van der Waals surface area contributed by atoms with Gasteiger partial charge in [-0.25, -0.2) is 4.98 Å². The van der Waals surface area contributed by atoms with Crippen LogP contribution in [0, 0.1) is 0 Å². The molecule has 0 bridgehead atoms. The van der Waals surface area contributed by atoms with Gasteiger partial charge < -0.3 is 9.73 Å². The Labute approximate surface area is 118 Å². The fraction of sp³-hybridized carbons (Fsp3) is 0.235. The van der Waals surface area contributed by atoms with E-state index in [0.29, 0.717) is 0 Å². The number of nitrogens with one attached hydrogen (secondary N) is 1.